The second-order valence-corrected chi connectivity index (χ2v) is 5.05. The lowest BCUT2D eigenvalue weighted by molar-refractivity contribution is -0.0817. The molecule has 2 atom stereocenters. The molecule has 1 aromatic rings. The topological polar surface area (TPSA) is 78.8 Å². The second-order valence-electron chi connectivity index (χ2n) is 5.05. The molecule has 1 fully saturated rings. The maximum Gasteiger partial charge on any atom is 0.552 e. The molecule has 1 aromatic carbocycles. The van der Waals surface area contributed by atoms with Crippen LogP contribution in [0.4, 0.5) is 10.5 Å². The molecule has 2 aliphatic rings. The summed E-state index contributed by atoms with van der Waals surface area (Å²) in [6, 6.07) is 4.63. The Hall–Kier alpha value is -1.89. The molecule has 2 aliphatic heterocycles. The molecular formula is C14H17N2O4+. The number of benzene rings is 1. The first-order valence-corrected chi connectivity index (χ1v) is 6.62. The summed E-state index contributed by atoms with van der Waals surface area (Å²) >= 11 is 0. The van der Waals surface area contributed by atoms with E-state index >= 15 is 0 Å². The molecule has 106 valence electrons. The highest BCUT2D eigenvalue weighted by Gasteiger charge is 2.48. The molecule has 0 aromatic heterocycles. The largest absolute Gasteiger partial charge is 0.552 e. The van der Waals surface area contributed by atoms with Crippen molar-refractivity contribution in [2.24, 2.45) is 0 Å². The highest BCUT2D eigenvalue weighted by atomic mass is 16.6. The Kier molecular flexibility index (Phi) is 3.21. The standard InChI is InChI=1S/C14H16N2O4/c17-14(18)16(19,12-5-6-15-9-12)11-4-3-10-2-1-7-20-13(10)8-11/h1-4,8,12,15,19H,5-7,9H2/p+1. The number of rotatable bonds is 2. The highest BCUT2D eigenvalue weighted by molar-refractivity contribution is 5.80. The third-order valence-electron chi connectivity index (χ3n) is 3.88. The van der Waals surface area contributed by atoms with Gasteiger partial charge in [-0.15, -0.1) is 0 Å². The minimum atomic E-state index is -1.27. The first-order chi connectivity index (χ1) is 9.62. The second kappa shape index (κ2) is 4.90. The van der Waals surface area contributed by atoms with Crippen LogP contribution in [0.1, 0.15) is 12.0 Å². The molecule has 0 aliphatic carbocycles. The number of carboxylic acid groups (broad SMARTS) is 1. The lowest BCUT2D eigenvalue weighted by Crippen LogP contribution is -2.58. The van der Waals surface area contributed by atoms with E-state index in [1.165, 1.54) is 0 Å². The average Bonchev–Trinajstić information content (AvgIpc) is 3.00. The molecule has 3 N–H and O–H groups in total. The van der Waals surface area contributed by atoms with Crippen LogP contribution in [0.5, 0.6) is 5.75 Å². The molecular weight excluding hydrogens is 260 g/mol. The predicted octanol–water partition coefficient (Wildman–Crippen LogP) is 1.83. The van der Waals surface area contributed by atoms with E-state index < -0.39 is 16.8 Å². The predicted molar refractivity (Wildman–Crippen MR) is 73.9 cm³/mol. The third kappa shape index (κ3) is 1.98. The van der Waals surface area contributed by atoms with Crippen LogP contribution in [0.3, 0.4) is 0 Å². The Labute approximate surface area is 116 Å². The van der Waals surface area contributed by atoms with Gasteiger partial charge in [0.15, 0.2) is 5.69 Å². The molecule has 1 amide bonds. The summed E-state index contributed by atoms with van der Waals surface area (Å²) in [4.78, 5) is 11.6. The van der Waals surface area contributed by atoms with Crippen LogP contribution in [-0.4, -0.2) is 42.1 Å². The summed E-state index contributed by atoms with van der Waals surface area (Å²) in [5, 5.41) is 23.3. The van der Waals surface area contributed by atoms with E-state index in [1.54, 1.807) is 18.2 Å². The monoisotopic (exact) mass is 277 g/mol. The van der Waals surface area contributed by atoms with Crippen LogP contribution in [0.15, 0.2) is 24.3 Å². The van der Waals surface area contributed by atoms with Gasteiger partial charge in [-0.3, -0.25) is 0 Å². The van der Waals surface area contributed by atoms with Crippen molar-refractivity contribution in [1.29, 1.82) is 0 Å². The zero-order valence-corrected chi connectivity index (χ0v) is 11.0. The van der Waals surface area contributed by atoms with E-state index in [4.69, 9.17) is 4.74 Å². The summed E-state index contributed by atoms with van der Waals surface area (Å²) in [5.41, 5.74) is 1.21. The van der Waals surface area contributed by atoms with Gasteiger partial charge in [0, 0.05) is 30.7 Å². The van der Waals surface area contributed by atoms with Crippen LogP contribution in [-0.2, 0) is 0 Å². The van der Waals surface area contributed by atoms with Crippen molar-refractivity contribution < 1.29 is 19.8 Å². The Bertz CT molecular complexity index is 566. The summed E-state index contributed by atoms with van der Waals surface area (Å²) in [5.74, 6) is 0.605. The van der Waals surface area contributed by atoms with Gasteiger partial charge in [0.25, 0.3) is 0 Å². The summed E-state index contributed by atoms with van der Waals surface area (Å²) < 4.78 is 4.38. The van der Waals surface area contributed by atoms with Gasteiger partial charge < -0.3 is 15.2 Å². The van der Waals surface area contributed by atoms with Gasteiger partial charge in [-0.05, 0) is 16.8 Å². The van der Waals surface area contributed by atoms with Crippen molar-refractivity contribution in [1.82, 2.24) is 9.96 Å². The van der Waals surface area contributed by atoms with Gasteiger partial charge in [-0.1, -0.05) is 6.08 Å². The average molecular weight is 277 g/mol. The van der Waals surface area contributed by atoms with Gasteiger partial charge in [-0.2, -0.15) is 4.79 Å². The van der Waals surface area contributed by atoms with Crippen LogP contribution in [0.2, 0.25) is 0 Å². The normalized spacial score (nSPS) is 23.8. The molecule has 0 saturated carbocycles. The van der Waals surface area contributed by atoms with Crippen molar-refractivity contribution in [3.63, 3.8) is 0 Å². The quantitative estimate of drug-likeness (QED) is 0.436. The lowest BCUT2D eigenvalue weighted by Gasteiger charge is -2.29. The zero-order chi connectivity index (χ0) is 14.2. The smallest absolute Gasteiger partial charge is 0.489 e. The number of ether oxygens (including phenoxy) is 1. The molecule has 0 bridgehead atoms. The van der Waals surface area contributed by atoms with Gasteiger partial charge in [0.1, 0.15) is 18.4 Å². The number of quaternary nitrogens is 1. The number of amides is 1. The first kappa shape index (κ1) is 13.1. The molecule has 20 heavy (non-hydrogen) atoms. The Morgan fingerprint density at radius 1 is 1.45 bits per heavy atom. The van der Waals surface area contributed by atoms with Crippen LogP contribution < -0.4 is 14.7 Å². The number of nitrogens with zero attached hydrogens (tertiary/aromatic N) is 1. The molecule has 0 spiro atoms. The summed E-state index contributed by atoms with van der Waals surface area (Å²) in [6.07, 6.45) is 3.15. The molecule has 6 nitrogen and oxygen atoms in total. The van der Waals surface area contributed by atoms with Crippen LogP contribution in [0, 0.1) is 0 Å². The fourth-order valence-electron chi connectivity index (χ4n) is 2.75. The van der Waals surface area contributed by atoms with Gasteiger partial charge in [0.2, 0.25) is 0 Å². The van der Waals surface area contributed by atoms with Crippen LogP contribution >= 0.6 is 0 Å². The molecule has 0 radical (unpaired) electrons. The number of nitrogens with one attached hydrogen (secondary N) is 1. The number of fused-ring (bicyclic) bond motifs is 1. The Morgan fingerprint density at radius 2 is 2.30 bits per heavy atom. The van der Waals surface area contributed by atoms with E-state index in [1.807, 2.05) is 12.2 Å². The van der Waals surface area contributed by atoms with Crippen molar-refractivity contribution in [2.75, 3.05) is 19.7 Å². The van der Waals surface area contributed by atoms with E-state index in [0.29, 0.717) is 37.6 Å². The highest BCUT2D eigenvalue weighted by Crippen LogP contribution is 2.34. The molecule has 2 heterocycles. The zero-order valence-electron chi connectivity index (χ0n) is 11.0. The number of carbonyl (C=O) groups is 1. The first-order valence-electron chi connectivity index (χ1n) is 6.62. The van der Waals surface area contributed by atoms with E-state index in [0.717, 1.165) is 5.56 Å². The molecule has 6 heteroatoms. The SMILES string of the molecule is O=C(O)[N+](O)(c1ccc2c(c1)OCC=C2)C1CCNC1. The van der Waals surface area contributed by atoms with Crippen molar-refractivity contribution in [3.05, 3.63) is 29.8 Å². The van der Waals surface area contributed by atoms with Gasteiger partial charge >= 0.3 is 6.09 Å². The fraction of sp³-hybridized carbons (Fsp3) is 0.357. The minimum Gasteiger partial charge on any atom is -0.489 e. The van der Waals surface area contributed by atoms with Crippen molar-refractivity contribution in [2.45, 2.75) is 12.5 Å². The van der Waals surface area contributed by atoms with E-state index in [9.17, 15) is 15.1 Å². The molecule has 3 rings (SSSR count). The summed E-state index contributed by atoms with van der Waals surface area (Å²) in [7, 11) is 0. The minimum absolute atomic E-state index is 0.320. The van der Waals surface area contributed by atoms with E-state index in [-0.39, 0.29) is 0 Å². The van der Waals surface area contributed by atoms with E-state index in [2.05, 4.69) is 5.32 Å². The Morgan fingerprint density at radius 3 is 3.00 bits per heavy atom. The number of hydroxylamine groups is 2. The van der Waals surface area contributed by atoms with Gasteiger partial charge in [-0.25, -0.2) is 5.21 Å². The van der Waals surface area contributed by atoms with Crippen molar-refractivity contribution >= 4 is 17.9 Å². The molecule has 2 unspecified atom stereocenters. The lowest BCUT2D eigenvalue weighted by atomic mass is 10.1. The number of hydrogen-bond donors (Lipinski definition) is 3. The van der Waals surface area contributed by atoms with Crippen LogP contribution in [0.25, 0.3) is 6.08 Å². The molecule has 1 saturated heterocycles. The maximum absolute atomic E-state index is 11.6. The maximum atomic E-state index is 11.6. The fourth-order valence-corrected chi connectivity index (χ4v) is 2.75. The third-order valence-corrected chi connectivity index (χ3v) is 3.88. The summed E-state index contributed by atoms with van der Waals surface area (Å²) in [6.45, 7) is 1.64. The van der Waals surface area contributed by atoms with Gasteiger partial charge in [0.05, 0.1) is 6.54 Å². The Balaban J connectivity index is 2.03. The number of hydrogen-bond acceptors (Lipinski definition) is 4. The van der Waals surface area contributed by atoms with Crippen molar-refractivity contribution in [3.8, 4) is 5.75 Å².